The second kappa shape index (κ2) is 7.56. The maximum Gasteiger partial charge on any atom is 0.254 e. The molecule has 29 heavy (non-hydrogen) atoms. The summed E-state index contributed by atoms with van der Waals surface area (Å²) in [6.07, 6.45) is 9.55. The number of aliphatic hydroxyl groups is 1. The molecule has 154 valence electrons. The van der Waals surface area contributed by atoms with Crippen LogP contribution >= 0.6 is 0 Å². The molecule has 3 heterocycles. The number of amides is 2. The van der Waals surface area contributed by atoms with E-state index in [-0.39, 0.29) is 17.9 Å². The van der Waals surface area contributed by atoms with Crippen LogP contribution in [0.5, 0.6) is 0 Å². The molecule has 0 aromatic heterocycles. The van der Waals surface area contributed by atoms with Gasteiger partial charge in [-0.3, -0.25) is 14.6 Å². The van der Waals surface area contributed by atoms with Crippen LogP contribution in [0, 0.1) is 5.92 Å². The number of nitrogens with one attached hydrogen (secondary N) is 1. The molecule has 0 spiro atoms. The zero-order valence-electron chi connectivity index (χ0n) is 16.8. The summed E-state index contributed by atoms with van der Waals surface area (Å²) in [5.41, 5.74) is 5.30. The lowest BCUT2D eigenvalue weighted by Gasteiger charge is -2.35. The maximum absolute atomic E-state index is 13.3. The van der Waals surface area contributed by atoms with Crippen molar-refractivity contribution in [2.45, 2.75) is 76.5 Å². The summed E-state index contributed by atoms with van der Waals surface area (Å²) >= 11 is 0. The van der Waals surface area contributed by atoms with E-state index in [9.17, 15) is 14.7 Å². The molecule has 3 atom stereocenters. The fourth-order valence-corrected chi connectivity index (χ4v) is 5.53. The minimum absolute atomic E-state index is 0.0488. The molecule has 3 aliphatic heterocycles. The molecule has 1 saturated carbocycles. The third-order valence-electron chi connectivity index (χ3n) is 7.14. The van der Waals surface area contributed by atoms with Crippen molar-refractivity contribution in [1.82, 2.24) is 10.2 Å². The molecule has 6 nitrogen and oxygen atoms in total. The van der Waals surface area contributed by atoms with Gasteiger partial charge < -0.3 is 15.3 Å². The van der Waals surface area contributed by atoms with Crippen LogP contribution in [0.1, 0.15) is 72.0 Å². The summed E-state index contributed by atoms with van der Waals surface area (Å²) in [6.45, 7) is 1.28. The van der Waals surface area contributed by atoms with Crippen LogP contribution in [0.3, 0.4) is 0 Å². The first-order chi connectivity index (χ1) is 14.1. The predicted molar refractivity (Wildman–Crippen MR) is 110 cm³/mol. The highest BCUT2D eigenvalue weighted by atomic mass is 16.3. The monoisotopic (exact) mass is 395 g/mol. The van der Waals surface area contributed by atoms with Crippen molar-refractivity contribution in [3.63, 3.8) is 0 Å². The molecule has 1 aromatic rings. The molecule has 5 rings (SSSR count). The Hall–Kier alpha value is -2.21. The van der Waals surface area contributed by atoms with E-state index in [1.54, 1.807) is 0 Å². The van der Waals surface area contributed by atoms with Gasteiger partial charge in [0.1, 0.15) is 0 Å². The number of fused-ring (bicyclic) bond motifs is 3. The van der Waals surface area contributed by atoms with Crippen LogP contribution in [0.15, 0.2) is 11.1 Å². The van der Waals surface area contributed by atoms with Gasteiger partial charge in [-0.1, -0.05) is 12.8 Å². The smallest absolute Gasteiger partial charge is 0.254 e. The number of aliphatic imine (C=N–C) groups is 1. The quantitative estimate of drug-likeness (QED) is 0.826. The highest BCUT2D eigenvalue weighted by Gasteiger charge is 2.39. The number of aliphatic hydroxyl groups excluding tert-OH is 1. The number of carbonyl (C=O) groups excluding carboxylic acids is 2. The highest BCUT2D eigenvalue weighted by Crippen LogP contribution is 2.41. The Morgan fingerprint density at radius 2 is 2.00 bits per heavy atom. The number of rotatable bonds is 3. The van der Waals surface area contributed by atoms with Gasteiger partial charge in [-0.05, 0) is 61.6 Å². The topological polar surface area (TPSA) is 82.0 Å². The van der Waals surface area contributed by atoms with Gasteiger partial charge >= 0.3 is 0 Å². The summed E-state index contributed by atoms with van der Waals surface area (Å²) in [7, 11) is 0. The van der Waals surface area contributed by atoms with E-state index in [1.165, 1.54) is 11.1 Å². The van der Waals surface area contributed by atoms with Crippen molar-refractivity contribution in [1.29, 1.82) is 0 Å². The van der Waals surface area contributed by atoms with E-state index in [4.69, 9.17) is 4.99 Å². The molecule has 1 aliphatic carbocycles. The lowest BCUT2D eigenvalue weighted by Crippen LogP contribution is -2.45. The fourth-order valence-electron chi connectivity index (χ4n) is 5.53. The Labute approximate surface area is 171 Å². The van der Waals surface area contributed by atoms with Crippen molar-refractivity contribution in [3.05, 3.63) is 28.3 Å². The van der Waals surface area contributed by atoms with E-state index < -0.39 is 6.10 Å². The first kappa shape index (κ1) is 18.8. The van der Waals surface area contributed by atoms with Crippen LogP contribution < -0.4 is 5.32 Å². The third kappa shape index (κ3) is 3.37. The SMILES string of the molecule is O=C1CCC(Cc2cc3c(c4c2CCC=N4)CN([C@H]2CCCC[C@@H]2O)C3=O)CN1. The number of hydrogen-bond acceptors (Lipinski definition) is 4. The summed E-state index contributed by atoms with van der Waals surface area (Å²) in [6, 6.07) is 2.02. The van der Waals surface area contributed by atoms with Gasteiger partial charge in [0.25, 0.3) is 5.91 Å². The second-order valence-corrected chi connectivity index (χ2v) is 9.00. The van der Waals surface area contributed by atoms with E-state index in [1.807, 2.05) is 11.1 Å². The van der Waals surface area contributed by atoms with Gasteiger partial charge in [0.05, 0.1) is 17.8 Å². The van der Waals surface area contributed by atoms with Gasteiger partial charge in [-0.15, -0.1) is 0 Å². The van der Waals surface area contributed by atoms with Crippen molar-refractivity contribution in [2.75, 3.05) is 6.54 Å². The molecule has 2 fully saturated rings. The molecule has 2 amide bonds. The molecule has 2 N–H and O–H groups in total. The summed E-state index contributed by atoms with van der Waals surface area (Å²) < 4.78 is 0. The highest BCUT2D eigenvalue weighted by molar-refractivity contribution is 6.01. The summed E-state index contributed by atoms with van der Waals surface area (Å²) in [5, 5.41) is 13.5. The van der Waals surface area contributed by atoms with Crippen LogP contribution in [-0.4, -0.2) is 46.7 Å². The van der Waals surface area contributed by atoms with Gasteiger partial charge in [0.2, 0.25) is 5.91 Å². The normalized spacial score (nSPS) is 28.9. The average Bonchev–Trinajstić information content (AvgIpc) is 3.07. The van der Waals surface area contributed by atoms with Crippen molar-refractivity contribution in [3.8, 4) is 0 Å². The Kier molecular flexibility index (Phi) is 4.90. The van der Waals surface area contributed by atoms with Crippen molar-refractivity contribution < 1.29 is 14.7 Å². The predicted octanol–water partition coefficient (Wildman–Crippen LogP) is 2.66. The Bertz CT molecular complexity index is 869. The Morgan fingerprint density at radius 1 is 1.14 bits per heavy atom. The Balaban J connectivity index is 1.47. The minimum Gasteiger partial charge on any atom is -0.391 e. The molecule has 1 aromatic carbocycles. The molecule has 0 radical (unpaired) electrons. The van der Waals surface area contributed by atoms with Gasteiger partial charge in [-0.25, -0.2) is 0 Å². The lowest BCUT2D eigenvalue weighted by atomic mass is 9.85. The van der Waals surface area contributed by atoms with Gasteiger partial charge in [0.15, 0.2) is 0 Å². The first-order valence-electron chi connectivity index (χ1n) is 11.1. The standard InChI is InChI=1S/C23H29N3O3/c27-20-6-2-1-5-19(20)26-13-18-17(23(26)29)11-15(16-4-3-9-24-22(16)18)10-14-7-8-21(28)25-12-14/h9,11,14,19-20,27H,1-8,10,12-13H2,(H,25,28)/t14?,19-,20-/m0/s1. The largest absolute Gasteiger partial charge is 0.391 e. The van der Waals surface area contributed by atoms with Gasteiger partial charge in [-0.2, -0.15) is 0 Å². The molecule has 0 bridgehead atoms. The fraction of sp³-hybridized carbons (Fsp3) is 0.609. The van der Waals surface area contributed by atoms with Crippen LogP contribution in [0.25, 0.3) is 0 Å². The lowest BCUT2D eigenvalue weighted by molar-refractivity contribution is -0.122. The molecule has 4 aliphatic rings. The van der Waals surface area contributed by atoms with E-state index in [0.717, 1.165) is 68.2 Å². The molecule has 6 heteroatoms. The number of benzene rings is 1. The van der Waals surface area contributed by atoms with E-state index in [2.05, 4.69) is 11.4 Å². The summed E-state index contributed by atoms with van der Waals surface area (Å²) in [5.74, 6) is 0.597. The van der Waals surface area contributed by atoms with E-state index in [0.29, 0.717) is 25.4 Å². The van der Waals surface area contributed by atoms with Crippen molar-refractivity contribution in [2.24, 2.45) is 10.9 Å². The summed E-state index contributed by atoms with van der Waals surface area (Å²) in [4.78, 5) is 31.4. The van der Waals surface area contributed by atoms with Gasteiger partial charge in [0, 0.05) is 36.9 Å². The zero-order chi connectivity index (χ0) is 20.0. The zero-order valence-corrected chi connectivity index (χ0v) is 16.8. The van der Waals surface area contributed by atoms with Crippen molar-refractivity contribution >= 4 is 23.7 Å². The van der Waals surface area contributed by atoms with Crippen LogP contribution in [0.2, 0.25) is 0 Å². The third-order valence-corrected chi connectivity index (χ3v) is 7.14. The molecule has 1 unspecified atom stereocenters. The Morgan fingerprint density at radius 3 is 2.79 bits per heavy atom. The molecular formula is C23H29N3O3. The number of hydrogen-bond donors (Lipinski definition) is 2. The maximum atomic E-state index is 13.3. The molecular weight excluding hydrogens is 366 g/mol. The number of nitrogens with zero attached hydrogens (tertiary/aromatic N) is 2. The molecule has 1 saturated heterocycles. The minimum atomic E-state index is -0.424. The number of piperidine rings is 1. The number of carbonyl (C=O) groups is 2. The van der Waals surface area contributed by atoms with Crippen LogP contribution in [0.4, 0.5) is 5.69 Å². The average molecular weight is 396 g/mol. The first-order valence-corrected chi connectivity index (χ1v) is 11.1. The van der Waals surface area contributed by atoms with Crippen LogP contribution in [-0.2, 0) is 24.2 Å². The second-order valence-electron chi connectivity index (χ2n) is 9.00. The van der Waals surface area contributed by atoms with E-state index >= 15 is 0 Å².